The molecule has 3 aromatic rings. The highest BCUT2D eigenvalue weighted by Gasteiger charge is 2.12. The van der Waals surface area contributed by atoms with E-state index in [1.165, 1.54) is 0 Å². The number of nitrogens with one attached hydrogen (secondary N) is 1. The minimum absolute atomic E-state index is 0. The van der Waals surface area contributed by atoms with Gasteiger partial charge in [-0.3, -0.25) is 0 Å². The Kier molecular flexibility index (Phi) is 10.1. The molecule has 0 radical (unpaired) electrons. The van der Waals surface area contributed by atoms with Crippen LogP contribution in [-0.4, -0.2) is 13.7 Å². The molecule has 0 fully saturated rings. The van der Waals surface area contributed by atoms with E-state index in [0.717, 1.165) is 29.7 Å². The summed E-state index contributed by atoms with van der Waals surface area (Å²) in [6, 6.07) is 19.1. The molecule has 0 saturated carbocycles. The van der Waals surface area contributed by atoms with E-state index in [1.54, 1.807) is 13.2 Å². The zero-order valence-corrected chi connectivity index (χ0v) is 19.5. The summed E-state index contributed by atoms with van der Waals surface area (Å²) in [5, 5.41) is 5.45. The first kappa shape index (κ1) is 24.6. The second-order valence-corrected chi connectivity index (χ2v) is 7.74. The highest BCUT2D eigenvalue weighted by molar-refractivity contribution is 6.35. The van der Waals surface area contributed by atoms with E-state index < -0.39 is 0 Å². The lowest BCUT2D eigenvalue weighted by Crippen LogP contribution is -2.17. The fourth-order valence-electron chi connectivity index (χ4n) is 2.96. The molecule has 0 unspecified atom stereocenters. The molecule has 0 aliphatic carbocycles. The number of benzene rings is 3. The summed E-state index contributed by atoms with van der Waals surface area (Å²) in [7, 11) is 1.64. The highest BCUT2D eigenvalue weighted by atomic mass is 35.5. The molecule has 0 saturated heterocycles. The third kappa shape index (κ3) is 6.69. The normalized spacial score (nSPS) is 10.4. The van der Waals surface area contributed by atoms with Crippen molar-refractivity contribution in [1.82, 2.24) is 5.32 Å². The summed E-state index contributed by atoms with van der Waals surface area (Å²) in [6.45, 7) is 1.77. The molecular formula is C23H23Cl4NO2. The molecule has 0 aliphatic heterocycles. The van der Waals surface area contributed by atoms with E-state index in [9.17, 15) is 0 Å². The zero-order valence-electron chi connectivity index (χ0n) is 16.5. The zero-order chi connectivity index (χ0) is 20.6. The van der Waals surface area contributed by atoms with E-state index in [-0.39, 0.29) is 12.4 Å². The predicted octanol–water partition coefficient (Wildman–Crippen LogP) is 6.99. The van der Waals surface area contributed by atoms with Gasteiger partial charge in [0.1, 0.15) is 6.61 Å². The lowest BCUT2D eigenvalue weighted by molar-refractivity contribution is 0.280. The van der Waals surface area contributed by atoms with Gasteiger partial charge in [0, 0.05) is 32.7 Å². The maximum atomic E-state index is 6.24. The Labute approximate surface area is 198 Å². The summed E-state index contributed by atoms with van der Waals surface area (Å²) >= 11 is 18.4. The van der Waals surface area contributed by atoms with E-state index in [2.05, 4.69) is 5.32 Å². The molecule has 3 nitrogen and oxygen atoms in total. The molecule has 1 N–H and O–H groups in total. The molecule has 0 aromatic heterocycles. The molecule has 3 rings (SSSR count). The quantitative estimate of drug-likeness (QED) is 0.330. The van der Waals surface area contributed by atoms with Gasteiger partial charge in [-0.15, -0.1) is 12.4 Å². The monoisotopic (exact) mass is 485 g/mol. The molecule has 0 atom stereocenters. The average molecular weight is 487 g/mol. The Morgan fingerprint density at radius 3 is 2.33 bits per heavy atom. The summed E-state index contributed by atoms with van der Waals surface area (Å²) in [5.41, 5.74) is 3.00. The molecule has 0 amide bonds. The van der Waals surface area contributed by atoms with Crippen molar-refractivity contribution in [2.45, 2.75) is 19.6 Å². The van der Waals surface area contributed by atoms with Gasteiger partial charge in [-0.2, -0.15) is 0 Å². The van der Waals surface area contributed by atoms with Crippen molar-refractivity contribution >= 4 is 47.2 Å². The number of para-hydroxylation sites is 1. The molecule has 0 spiro atoms. The van der Waals surface area contributed by atoms with E-state index >= 15 is 0 Å². The third-order valence-electron chi connectivity index (χ3n) is 4.51. The van der Waals surface area contributed by atoms with Crippen molar-refractivity contribution in [3.63, 3.8) is 0 Å². The van der Waals surface area contributed by atoms with Crippen LogP contribution >= 0.6 is 47.2 Å². The van der Waals surface area contributed by atoms with Crippen molar-refractivity contribution in [2.24, 2.45) is 0 Å². The third-order valence-corrected chi connectivity index (χ3v) is 5.47. The smallest absolute Gasteiger partial charge is 0.166 e. The van der Waals surface area contributed by atoms with Crippen molar-refractivity contribution in [3.05, 3.63) is 92.4 Å². The van der Waals surface area contributed by atoms with E-state index in [1.807, 2.05) is 54.6 Å². The molecule has 7 heteroatoms. The van der Waals surface area contributed by atoms with Crippen LogP contribution in [0.3, 0.4) is 0 Å². The van der Waals surface area contributed by atoms with Gasteiger partial charge >= 0.3 is 0 Å². The van der Waals surface area contributed by atoms with Gasteiger partial charge in [0.25, 0.3) is 0 Å². The lowest BCUT2D eigenvalue weighted by atomic mass is 10.1. The second kappa shape index (κ2) is 12.3. The van der Waals surface area contributed by atoms with Crippen LogP contribution in [0.1, 0.15) is 16.7 Å². The van der Waals surface area contributed by atoms with Crippen molar-refractivity contribution < 1.29 is 9.47 Å². The molecule has 160 valence electrons. The van der Waals surface area contributed by atoms with E-state index in [4.69, 9.17) is 44.3 Å². The number of rotatable bonds is 9. The van der Waals surface area contributed by atoms with Crippen LogP contribution in [-0.2, 0) is 19.6 Å². The van der Waals surface area contributed by atoms with Crippen LogP contribution in [0.4, 0.5) is 0 Å². The molecule has 30 heavy (non-hydrogen) atoms. The summed E-state index contributed by atoms with van der Waals surface area (Å²) in [4.78, 5) is 0. The molecule has 3 aromatic carbocycles. The largest absolute Gasteiger partial charge is 0.493 e. The minimum Gasteiger partial charge on any atom is -0.493 e. The fourth-order valence-corrected chi connectivity index (χ4v) is 3.65. The SMILES string of the molecule is COc1cccc(CNCCc2ccc(Cl)cc2Cl)c1OCc1ccccc1Cl.Cl. The average Bonchev–Trinajstić information content (AvgIpc) is 2.72. The first-order chi connectivity index (χ1) is 14.1. The Bertz CT molecular complexity index is 966. The van der Waals surface area contributed by atoms with Crippen LogP contribution in [0.5, 0.6) is 11.5 Å². The van der Waals surface area contributed by atoms with E-state index in [0.29, 0.717) is 39.7 Å². The minimum atomic E-state index is 0. The topological polar surface area (TPSA) is 30.5 Å². The number of ether oxygens (including phenoxy) is 2. The Balaban J connectivity index is 0.00000320. The van der Waals surface area contributed by atoms with Crippen molar-refractivity contribution in [3.8, 4) is 11.5 Å². The van der Waals surface area contributed by atoms with Crippen molar-refractivity contribution in [1.29, 1.82) is 0 Å². The van der Waals surface area contributed by atoms with Gasteiger partial charge < -0.3 is 14.8 Å². The molecule has 0 bridgehead atoms. The standard InChI is InChI=1S/C23H22Cl3NO2.ClH/c1-28-22-8-4-6-17(23(22)29-15-18-5-2-3-7-20(18)25)14-27-12-11-16-9-10-19(24)13-21(16)26;/h2-10,13,27H,11-12,14-15H2,1H3;1H. The first-order valence-electron chi connectivity index (χ1n) is 9.25. The van der Waals surface area contributed by atoms with Crippen LogP contribution in [0.2, 0.25) is 15.1 Å². The molecular weight excluding hydrogens is 464 g/mol. The number of halogens is 4. The predicted molar refractivity (Wildman–Crippen MR) is 128 cm³/mol. The Hall–Kier alpha value is -1.62. The maximum absolute atomic E-state index is 6.24. The van der Waals surface area contributed by atoms with Crippen LogP contribution in [0.15, 0.2) is 60.7 Å². The van der Waals surface area contributed by atoms with Gasteiger partial charge in [0.15, 0.2) is 11.5 Å². The van der Waals surface area contributed by atoms with Gasteiger partial charge in [0.05, 0.1) is 7.11 Å². The number of methoxy groups -OCH3 is 1. The van der Waals surface area contributed by atoms with Gasteiger partial charge in [-0.05, 0) is 42.8 Å². The Morgan fingerprint density at radius 1 is 0.833 bits per heavy atom. The summed E-state index contributed by atoms with van der Waals surface area (Å²) in [5.74, 6) is 1.41. The van der Waals surface area contributed by atoms with Gasteiger partial charge in [-0.1, -0.05) is 71.2 Å². The van der Waals surface area contributed by atoms with Crippen molar-refractivity contribution in [2.75, 3.05) is 13.7 Å². The Morgan fingerprint density at radius 2 is 1.60 bits per heavy atom. The van der Waals surface area contributed by atoms with Gasteiger partial charge in [0.2, 0.25) is 0 Å². The first-order valence-corrected chi connectivity index (χ1v) is 10.4. The highest BCUT2D eigenvalue weighted by Crippen LogP contribution is 2.32. The lowest BCUT2D eigenvalue weighted by Gasteiger charge is -2.16. The second-order valence-electron chi connectivity index (χ2n) is 6.49. The fraction of sp³-hybridized carbons (Fsp3) is 0.217. The number of hydrogen-bond acceptors (Lipinski definition) is 3. The van der Waals surface area contributed by atoms with Crippen LogP contribution < -0.4 is 14.8 Å². The van der Waals surface area contributed by atoms with Crippen LogP contribution in [0, 0.1) is 0 Å². The van der Waals surface area contributed by atoms with Gasteiger partial charge in [-0.25, -0.2) is 0 Å². The summed E-state index contributed by atoms with van der Waals surface area (Å²) < 4.78 is 11.6. The molecule has 0 aliphatic rings. The maximum Gasteiger partial charge on any atom is 0.166 e. The van der Waals surface area contributed by atoms with Crippen LogP contribution in [0.25, 0.3) is 0 Å². The summed E-state index contributed by atoms with van der Waals surface area (Å²) in [6.07, 6.45) is 0.801. The molecule has 0 heterocycles. The number of hydrogen-bond donors (Lipinski definition) is 1.